The van der Waals surface area contributed by atoms with Crippen LogP contribution in [0, 0.1) is 12.7 Å². The second kappa shape index (κ2) is 3.73. The van der Waals surface area contributed by atoms with Crippen LogP contribution in [0.15, 0.2) is 24.4 Å². The van der Waals surface area contributed by atoms with E-state index in [0.717, 1.165) is 16.4 Å². The SMILES string of the molecule is Cc1ccc(-n2cc(C(=O)O)nn2)c(F)c1. The molecular formula is C10H8FN3O2. The smallest absolute Gasteiger partial charge is 0.358 e. The van der Waals surface area contributed by atoms with E-state index < -0.39 is 11.8 Å². The number of aromatic carboxylic acids is 1. The van der Waals surface area contributed by atoms with Crippen molar-refractivity contribution in [3.05, 3.63) is 41.5 Å². The fourth-order valence-corrected chi connectivity index (χ4v) is 1.28. The molecule has 6 heteroatoms. The Morgan fingerprint density at radius 1 is 1.50 bits per heavy atom. The summed E-state index contributed by atoms with van der Waals surface area (Å²) in [6.07, 6.45) is 1.16. The van der Waals surface area contributed by atoms with E-state index in [1.807, 2.05) is 0 Å². The molecule has 0 aliphatic rings. The lowest BCUT2D eigenvalue weighted by atomic mass is 10.2. The highest BCUT2D eigenvalue weighted by Gasteiger charge is 2.11. The van der Waals surface area contributed by atoms with Gasteiger partial charge in [-0.15, -0.1) is 5.10 Å². The van der Waals surface area contributed by atoms with Crippen LogP contribution < -0.4 is 0 Å². The van der Waals surface area contributed by atoms with Crippen LogP contribution >= 0.6 is 0 Å². The Labute approximate surface area is 90.1 Å². The van der Waals surface area contributed by atoms with Gasteiger partial charge >= 0.3 is 5.97 Å². The van der Waals surface area contributed by atoms with Crippen LogP contribution in [0.5, 0.6) is 0 Å². The molecule has 0 spiro atoms. The first-order valence-corrected chi connectivity index (χ1v) is 4.50. The van der Waals surface area contributed by atoms with Gasteiger partial charge in [0.25, 0.3) is 0 Å². The number of carboxylic acids is 1. The maximum absolute atomic E-state index is 13.5. The molecule has 1 N–H and O–H groups in total. The summed E-state index contributed by atoms with van der Waals surface area (Å²) in [7, 11) is 0. The zero-order valence-electron chi connectivity index (χ0n) is 8.38. The number of aryl methyl sites for hydroxylation is 1. The highest BCUT2D eigenvalue weighted by molar-refractivity contribution is 5.84. The van der Waals surface area contributed by atoms with Gasteiger partial charge in [-0.3, -0.25) is 0 Å². The van der Waals surface area contributed by atoms with Gasteiger partial charge in [-0.05, 0) is 24.6 Å². The summed E-state index contributed by atoms with van der Waals surface area (Å²) in [5.41, 5.74) is 0.727. The van der Waals surface area contributed by atoms with Gasteiger partial charge in [0.15, 0.2) is 5.69 Å². The molecule has 0 saturated heterocycles. The topological polar surface area (TPSA) is 68.0 Å². The molecule has 0 amide bonds. The molecule has 82 valence electrons. The summed E-state index contributed by atoms with van der Waals surface area (Å²) in [5.74, 6) is -1.67. The van der Waals surface area contributed by atoms with Crippen molar-refractivity contribution in [1.82, 2.24) is 15.0 Å². The number of carbonyl (C=O) groups is 1. The summed E-state index contributed by atoms with van der Waals surface area (Å²) in [6.45, 7) is 1.76. The van der Waals surface area contributed by atoms with Gasteiger partial charge < -0.3 is 5.11 Å². The quantitative estimate of drug-likeness (QED) is 0.832. The van der Waals surface area contributed by atoms with Crippen LogP contribution in [0.25, 0.3) is 5.69 Å². The van der Waals surface area contributed by atoms with Crippen molar-refractivity contribution in [1.29, 1.82) is 0 Å². The minimum atomic E-state index is -1.20. The van der Waals surface area contributed by atoms with E-state index >= 15 is 0 Å². The Balaban J connectivity index is 2.46. The first-order valence-electron chi connectivity index (χ1n) is 4.50. The van der Waals surface area contributed by atoms with Gasteiger partial charge in [0.1, 0.15) is 11.5 Å². The molecule has 2 aromatic rings. The molecular weight excluding hydrogens is 213 g/mol. The Morgan fingerprint density at radius 3 is 2.81 bits per heavy atom. The number of halogens is 1. The van der Waals surface area contributed by atoms with Crippen LogP contribution in [0.4, 0.5) is 4.39 Å². The van der Waals surface area contributed by atoms with E-state index in [1.54, 1.807) is 13.0 Å². The molecule has 0 saturated carbocycles. The molecule has 5 nitrogen and oxygen atoms in total. The van der Waals surface area contributed by atoms with Crippen molar-refractivity contribution < 1.29 is 14.3 Å². The molecule has 0 aliphatic carbocycles. The van der Waals surface area contributed by atoms with Gasteiger partial charge in [-0.25, -0.2) is 13.9 Å². The van der Waals surface area contributed by atoms with E-state index in [-0.39, 0.29) is 11.4 Å². The Morgan fingerprint density at radius 2 is 2.25 bits per heavy atom. The van der Waals surface area contributed by atoms with Crippen LogP contribution in [0.1, 0.15) is 16.1 Å². The van der Waals surface area contributed by atoms with Crippen molar-refractivity contribution in [2.24, 2.45) is 0 Å². The number of nitrogens with zero attached hydrogens (tertiary/aromatic N) is 3. The average molecular weight is 221 g/mol. The average Bonchev–Trinajstić information content (AvgIpc) is 2.66. The fourth-order valence-electron chi connectivity index (χ4n) is 1.28. The molecule has 0 aliphatic heterocycles. The molecule has 0 bridgehead atoms. The predicted molar refractivity (Wildman–Crippen MR) is 53.0 cm³/mol. The predicted octanol–water partition coefficient (Wildman–Crippen LogP) is 1.41. The van der Waals surface area contributed by atoms with Gasteiger partial charge in [0, 0.05) is 0 Å². The lowest BCUT2D eigenvalue weighted by molar-refractivity contribution is 0.0690. The maximum atomic E-state index is 13.5. The Hall–Kier alpha value is -2.24. The minimum absolute atomic E-state index is 0.172. The third-order valence-electron chi connectivity index (χ3n) is 2.06. The lowest BCUT2D eigenvalue weighted by Gasteiger charge is -2.02. The van der Waals surface area contributed by atoms with Crippen molar-refractivity contribution in [3.63, 3.8) is 0 Å². The van der Waals surface area contributed by atoms with Gasteiger partial charge in [0.2, 0.25) is 0 Å². The number of hydrogen-bond donors (Lipinski definition) is 1. The van der Waals surface area contributed by atoms with E-state index in [9.17, 15) is 9.18 Å². The molecule has 2 rings (SSSR count). The molecule has 1 heterocycles. The lowest BCUT2D eigenvalue weighted by Crippen LogP contribution is -1.99. The largest absolute Gasteiger partial charge is 0.476 e. The number of carboxylic acid groups (broad SMARTS) is 1. The van der Waals surface area contributed by atoms with Crippen molar-refractivity contribution >= 4 is 5.97 Å². The van der Waals surface area contributed by atoms with Crippen LogP contribution in [0.3, 0.4) is 0 Å². The van der Waals surface area contributed by atoms with E-state index in [2.05, 4.69) is 10.3 Å². The highest BCUT2D eigenvalue weighted by atomic mass is 19.1. The molecule has 0 unspecified atom stereocenters. The zero-order valence-corrected chi connectivity index (χ0v) is 8.38. The van der Waals surface area contributed by atoms with Gasteiger partial charge in [-0.1, -0.05) is 11.3 Å². The summed E-state index contributed by atoms with van der Waals surface area (Å²) in [4.78, 5) is 10.6. The molecule has 0 radical (unpaired) electrons. The number of aromatic nitrogens is 3. The first-order chi connectivity index (χ1) is 7.58. The van der Waals surface area contributed by atoms with Crippen LogP contribution in [0.2, 0.25) is 0 Å². The molecule has 1 aromatic heterocycles. The monoisotopic (exact) mass is 221 g/mol. The van der Waals surface area contributed by atoms with Crippen LogP contribution in [-0.4, -0.2) is 26.1 Å². The zero-order chi connectivity index (χ0) is 11.7. The van der Waals surface area contributed by atoms with Crippen LogP contribution in [-0.2, 0) is 0 Å². The summed E-state index contributed by atoms with van der Waals surface area (Å²) in [5, 5.41) is 15.6. The Kier molecular flexibility index (Phi) is 2.40. The van der Waals surface area contributed by atoms with Crippen molar-refractivity contribution in [2.75, 3.05) is 0 Å². The minimum Gasteiger partial charge on any atom is -0.476 e. The maximum Gasteiger partial charge on any atom is 0.358 e. The number of benzene rings is 1. The molecule has 0 fully saturated rings. The van der Waals surface area contributed by atoms with Crippen molar-refractivity contribution in [3.8, 4) is 5.69 Å². The first kappa shape index (κ1) is 10.3. The number of hydrogen-bond acceptors (Lipinski definition) is 3. The second-order valence-corrected chi connectivity index (χ2v) is 3.31. The standard InChI is InChI=1S/C10H8FN3O2/c1-6-2-3-9(7(11)4-6)14-5-8(10(15)16)12-13-14/h2-5H,1H3,(H,15,16). The van der Waals surface area contributed by atoms with E-state index in [0.29, 0.717) is 0 Å². The van der Waals surface area contributed by atoms with Gasteiger partial charge in [0.05, 0.1) is 6.20 Å². The Bertz CT molecular complexity index is 551. The third kappa shape index (κ3) is 1.77. The fraction of sp³-hybridized carbons (Fsp3) is 0.100. The van der Waals surface area contributed by atoms with E-state index in [4.69, 9.17) is 5.11 Å². The normalized spacial score (nSPS) is 10.4. The summed E-state index contributed by atoms with van der Waals surface area (Å²) >= 11 is 0. The highest BCUT2D eigenvalue weighted by Crippen LogP contribution is 2.13. The third-order valence-corrected chi connectivity index (χ3v) is 2.06. The molecule has 1 aromatic carbocycles. The van der Waals surface area contributed by atoms with Gasteiger partial charge in [-0.2, -0.15) is 0 Å². The summed E-state index contributed by atoms with van der Waals surface area (Å²) in [6, 6.07) is 4.57. The van der Waals surface area contributed by atoms with Crippen molar-refractivity contribution in [2.45, 2.75) is 6.92 Å². The molecule has 0 atom stereocenters. The van der Waals surface area contributed by atoms with E-state index in [1.165, 1.54) is 12.1 Å². The second-order valence-electron chi connectivity index (χ2n) is 3.31. The number of rotatable bonds is 2. The summed E-state index contributed by atoms with van der Waals surface area (Å²) < 4.78 is 14.6. The molecule has 16 heavy (non-hydrogen) atoms.